The predicted octanol–water partition coefficient (Wildman–Crippen LogP) is 2.58. The lowest BCUT2D eigenvalue weighted by Gasteiger charge is -2.16. The summed E-state index contributed by atoms with van der Waals surface area (Å²) in [7, 11) is -1.68. The molecule has 7 heteroatoms. The largest absolute Gasteiger partial charge is 0.492 e. The minimum atomic E-state index is -3.21. The maximum Gasteiger partial charge on any atom is 0.211 e. The van der Waals surface area contributed by atoms with E-state index in [9.17, 15) is 8.42 Å². The summed E-state index contributed by atoms with van der Waals surface area (Å²) in [5.74, 6) is 0.662. The van der Waals surface area contributed by atoms with E-state index in [4.69, 9.17) is 14.5 Å². The molecular weight excluding hydrogens is 330 g/mol. The van der Waals surface area contributed by atoms with Gasteiger partial charge in [-0.2, -0.15) is 0 Å². The number of fused-ring (bicyclic) bond motifs is 1. The zero-order chi connectivity index (χ0) is 17.6. The van der Waals surface area contributed by atoms with Gasteiger partial charge in [0.25, 0.3) is 0 Å². The molecule has 0 spiro atoms. The Morgan fingerprint density at radius 3 is 2.38 bits per heavy atom. The molecule has 0 unspecified atom stereocenters. The fraction of sp³-hybridized carbons (Fsp3) is 0.412. The Morgan fingerprint density at radius 2 is 1.75 bits per heavy atom. The monoisotopic (exact) mass is 353 g/mol. The molecule has 0 saturated heterocycles. The zero-order valence-corrected chi connectivity index (χ0v) is 15.0. The van der Waals surface area contributed by atoms with E-state index < -0.39 is 10.0 Å². The SMILES string of the molecule is CCOOCc1cc2ccccc2cc1OCCN(C)S(C)(=O)=O. The van der Waals surface area contributed by atoms with Crippen LogP contribution in [-0.4, -0.2) is 45.8 Å². The van der Waals surface area contributed by atoms with Crippen LogP contribution in [0.3, 0.4) is 0 Å². The second-order valence-electron chi connectivity index (χ2n) is 5.41. The van der Waals surface area contributed by atoms with Crippen molar-refractivity contribution in [2.24, 2.45) is 0 Å². The normalized spacial score (nSPS) is 12.0. The number of hydrogen-bond acceptors (Lipinski definition) is 5. The van der Waals surface area contributed by atoms with E-state index >= 15 is 0 Å². The van der Waals surface area contributed by atoms with Crippen molar-refractivity contribution in [3.05, 3.63) is 42.0 Å². The van der Waals surface area contributed by atoms with Crippen molar-refractivity contribution >= 4 is 20.8 Å². The third kappa shape index (κ3) is 5.17. The Morgan fingerprint density at radius 1 is 1.08 bits per heavy atom. The van der Waals surface area contributed by atoms with Crippen LogP contribution in [-0.2, 0) is 26.4 Å². The van der Waals surface area contributed by atoms with Crippen molar-refractivity contribution in [3.63, 3.8) is 0 Å². The van der Waals surface area contributed by atoms with Gasteiger partial charge in [0.1, 0.15) is 19.0 Å². The Labute approximate surface area is 142 Å². The molecule has 2 aromatic carbocycles. The second-order valence-corrected chi connectivity index (χ2v) is 7.50. The van der Waals surface area contributed by atoms with E-state index in [0.717, 1.165) is 16.3 Å². The van der Waals surface area contributed by atoms with Crippen LogP contribution in [0, 0.1) is 0 Å². The molecule has 0 fully saturated rings. The Hall–Kier alpha value is -1.67. The number of ether oxygens (including phenoxy) is 1. The molecular formula is C17H23NO5S. The van der Waals surface area contributed by atoms with Crippen molar-refractivity contribution in [2.75, 3.05) is 33.1 Å². The first-order chi connectivity index (χ1) is 11.4. The average Bonchev–Trinajstić information content (AvgIpc) is 2.54. The number of rotatable bonds is 9. The van der Waals surface area contributed by atoms with Crippen LogP contribution >= 0.6 is 0 Å². The number of hydrogen-bond donors (Lipinski definition) is 0. The van der Waals surface area contributed by atoms with Gasteiger partial charge in [0.15, 0.2) is 0 Å². The van der Waals surface area contributed by atoms with E-state index in [1.54, 1.807) is 0 Å². The third-order valence-electron chi connectivity index (χ3n) is 3.57. The van der Waals surface area contributed by atoms with E-state index in [1.807, 2.05) is 43.3 Å². The molecule has 0 bridgehead atoms. The Kier molecular flexibility index (Phi) is 6.56. The predicted molar refractivity (Wildman–Crippen MR) is 93.3 cm³/mol. The molecule has 0 aliphatic rings. The second kappa shape index (κ2) is 8.43. The average molecular weight is 353 g/mol. The highest BCUT2D eigenvalue weighted by atomic mass is 32.2. The molecule has 0 radical (unpaired) electrons. The number of nitrogens with zero attached hydrogens (tertiary/aromatic N) is 1. The first-order valence-corrected chi connectivity index (χ1v) is 9.57. The summed E-state index contributed by atoms with van der Waals surface area (Å²) >= 11 is 0. The van der Waals surface area contributed by atoms with Crippen LogP contribution in [0.15, 0.2) is 36.4 Å². The maximum atomic E-state index is 11.4. The van der Waals surface area contributed by atoms with E-state index in [0.29, 0.717) is 12.4 Å². The molecule has 0 atom stereocenters. The molecule has 0 aromatic heterocycles. The van der Waals surface area contributed by atoms with Crippen molar-refractivity contribution in [1.29, 1.82) is 0 Å². The van der Waals surface area contributed by atoms with Crippen molar-refractivity contribution in [2.45, 2.75) is 13.5 Å². The molecule has 6 nitrogen and oxygen atoms in total. The van der Waals surface area contributed by atoms with Gasteiger partial charge in [-0.15, -0.1) is 0 Å². The molecule has 0 N–H and O–H groups in total. The zero-order valence-electron chi connectivity index (χ0n) is 14.2. The molecule has 0 heterocycles. The summed E-state index contributed by atoms with van der Waals surface area (Å²) < 4.78 is 29.9. The summed E-state index contributed by atoms with van der Waals surface area (Å²) in [5, 5.41) is 2.12. The number of sulfonamides is 1. The lowest BCUT2D eigenvalue weighted by molar-refractivity contribution is -0.300. The van der Waals surface area contributed by atoms with Crippen molar-refractivity contribution < 1.29 is 22.9 Å². The van der Waals surface area contributed by atoms with Gasteiger partial charge >= 0.3 is 0 Å². The highest BCUT2D eigenvalue weighted by Crippen LogP contribution is 2.27. The highest BCUT2D eigenvalue weighted by Gasteiger charge is 2.12. The van der Waals surface area contributed by atoms with E-state index in [1.165, 1.54) is 17.6 Å². The van der Waals surface area contributed by atoms with Crippen LogP contribution in [0.2, 0.25) is 0 Å². The fourth-order valence-electron chi connectivity index (χ4n) is 2.15. The first-order valence-electron chi connectivity index (χ1n) is 7.72. The van der Waals surface area contributed by atoms with Gasteiger partial charge in [0.2, 0.25) is 10.0 Å². The van der Waals surface area contributed by atoms with Crippen LogP contribution in [0.25, 0.3) is 10.8 Å². The summed E-state index contributed by atoms with van der Waals surface area (Å²) in [6.45, 7) is 3.10. The molecule has 2 aromatic rings. The van der Waals surface area contributed by atoms with Crippen LogP contribution in [0.4, 0.5) is 0 Å². The topological polar surface area (TPSA) is 65.1 Å². The Balaban J connectivity index is 2.14. The first kappa shape index (κ1) is 18.7. The third-order valence-corrected chi connectivity index (χ3v) is 4.89. The van der Waals surface area contributed by atoms with Gasteiger partial charge in [-0.25, -0.2) is 22.5 Å². The van der Waals surface area contributed by atoms with Crippen LogP contribution < -0.4 is 4.74 Å². The van der Waals surface area contributed by atoms with Gasteiger partial charge in [0, 0.05) is 19.2 Å². The Bertz CT molecular complexity index is 776. The molecule has 24 heavy (non-hydrogen) atoms. The van der Waals surface area contributed by atoms with E-state index in [2.05, 4.69) is 0 Å². The summed E-state index contributed by atoms with van der Waals surface area (Å²) in [6.07, 6.45) is 1.17. The van der Waals surface area contributed by atoms with Gasteiger partial charge in [-0.3, -0.25) is 0 Å². The fourth-order valence-corrected chi connectivity index (χ4v) is 2.56. The highest BCUT2D eigenvalue weighted by molar-refractivity contribution is 7.88. The van der Waals surface area contributed by atoms with Gasteiger partial charge in [0.05, 0.1) is 12.9 Å². The van der Waals surface area contributed by atoms with Crippen LogP contribution in [0.1, 0.15) is 12.5 Å². The summed E-state index contributed by atoms with van der Waals surface area (Å²) in [4.78, 5) is 10.1. The smallest absolute Gasteiger partial charge is 0.211 e. The maximum absolute atomic E-state index is 11.4. The molecule has 0 aliphatic heterocycles. The van der Waals surface area contributed by atoms with Crippen LogP contribution in [0.5, 0.6) is 5.75 Å². The minimum Gasteiger partial charge on any atom is -0.492 e. The minimum absolute atomic E-state index is 0.254. The van der Waals surface area contributed by atoms with Crippen molar-refractivity contribution in [1.82, 2.24) is 4.31 Å². The summed E-state index contributed by atoms with van der Waals surface area (Å²) in [6, 6.07) is 11.9. The quantitative estimate of drug-likeness (QED) is 0.394. The lowest BCUT2D eigenvalue weighted by atomic mass is 10.1. The van der Waals surface area contributed by atoms with Gasteiger partial charge in [-0.1, -0.05) is 24.3 Å². The molecule has 0 aliphatic carbocycles. The molecule has 132 valence electrons. The number of likely N-dealkylation sites (N-methyl/N-ethyl adjacent to an activating group) is 1. The molecule has 0 saturated carbocycles. The van der Waals surface area contributed by atoms with Crippen molar-refractivity contribution in [3.8, 4) is 5.75 Å². The standard InChI is InChI=1S/C17H23NO5S/c1-4-22-23-13-16-11-14-7-5-6-8-15(14)12-17(16)21-10-9-18(2)24(3,19)20/h5-8,11-12H,4,9-10,13H2,1-3H3. The van der Waals surface area contributed by atoms with Gasteiger partial charge in [-0.05, 0) is 29.8 Å². The van der Waals surface area contributed by atoms with Gasteiger partial charge < -0.3 is 4.74 Å². The summed E-state index contributed by atoms with van der Waals surface area (Å²) in [5.41, 5.74) is 0.851. The number of benzene rings is 2. The van der Waals surface area contributed by atoms with E-state index in [-0.39, 0.29) is 19.8 Å². The molecule has 0 amide bonds. The molecule has 2 rings (SSSR count). The lowest BCUT2D eigenvalue weighted by Crippen LogP contribution is -2.29.